The number of amides is 1. The first-order valence-corrected chi connectivity index (χ1v) is 9.30. The van der Waals surface area contributed by atoms with Crippen LogP contribution < -0.4 is 10.1 Å². The van der Waals surface area contributed by atoms with E-state index < -0.39 is 0 Å². The number of thiophene rings is 1. The van der Waals surface area contributed by atoms with Gasteiger partial charge in [0, 0.05) is 12.8 Å². The van der Waals surface area contributed by atoms with E-state index >= 15 is 0 Å². The summed E-state index contributed by atoms with van der Waals surface area (Å²) in [6.45, 7) is 1.90. The number of methoxy groups -OCH3 is 1. The van der Waals surface area contributed by atoms with Crippen molar-refractivity contribution in [1.82, 2.24) is 5.32 Å². The second-order valence-electron chi connectivity index (χ2n) is 5.21. The summed E-state index contributed by atoms with van der Waals surface area (Å²) in [7, 11) is 1.60. The molecular weight excluding hydrogens is 414 g/mol. The van der Waals surface area contributed by atoms with Gasteiger partial charge in [-0.25, -0.2) is 0 Å². The summed E-state index contributed by atoms with van der Waals surface area (Å²) in [6, 6.07) is 8.85. The summed E-state index contributed by atoms with van der Waals surface area (Å²) in [5.41, 5.74) is 0.951. The van der Waals surface area contributed by atoms with Gasteiger partial charge in [0.25, 0.3) is 0 Å². The van der Waals surface area contributed by atoms with Crippen molar-refractivity contribution in [3.8, 4) is 5.75 Å². The van der Waals surface area contributed by atoms with Gasteiger partial charge in [-0.05, 0) is 52.7 Å². The van der Waals surface area contributed by atoms with Crippen molar-refractivity contribution in [2.45, 2.75) is 25.8 Å². The molecule has 128 valence electrons. The Balaban J connectivity index is 1.87. The van der Waals surface area contributed by atoms with Gasteiger partial charge >= 0.3 is 0 Å². The molecular formula is C17H17BrClNO3S. The highest BCUT2D eigenvalue weighted by molar-refractivity contribution is 9.10. The molecule has 0 spiro atoms. The first-order valence-electron chi connectivity index (χ1n) is 7.32. The zero-order chi connectivity index (χ0) is 17.7. The maximum Gasteiger partial charge on any atom is 0.220 e. The molecule has 0 radical (unpaired) electrons. The Hall–Kier alpha value is -1.37. The first kappa shape index (κ1) is 19.0. The van der Waals surface area contributed by atoms with Crippen LogP contribution in [0.4, 0.5) is 0 Å². The summed E-state index contributed by atoms with van der Waals surface area (Å²) in [4.78, 5) is 24.6. The van der Waals surface area contributed by atoms with Crippen molar-refractivity contribution in [3.63, 3.8) is 0 Å². The highest BCUT2D eigenvalue weighted by atomic mass is 79.9. The van der Waals surface area contributed by atoms with Crippen LogP contribution >= 0.6 is 38.9 Å². The van der Waals surface area contributed by atoms with E-state index in [0.717, 1.165) is 15.8 Å². The molecule has 1 atom stereocenters. The zero-order valence-corrected chi connectivity index (χ0v) is 16.4. The summed E-state index contributed by atoms with van der Waals surface area (Å²) in [5.74, 6) is 0.504. The lowest BCUT2D eigenvalue weighted by molar-refractivity contribution is -0.121. The second kappa shape index (κ2) is 8.65. The quantitative estimate of drug-likeness (QED) is 0.628. The molecule has 1 aromatic carbocycles. The van der Waals surface area contributed by atoms with Crippen LogP contribution in [0.1, 0.15) is 41.0 Å². The molecule has 1 heterocycles. The molecule has 0 aliphatic rings. The van der Waals surface area contributed by atoms with Gasteiger partial charge in [-0.15, -0.1) is 11.3 Å². The number of ketones is 1. The number of ether oxygens (including phenoxy) is 1. The molecule has 0 bridgehead atoms. The first-order chi connectivity index (χ1) is 11.4. The Morgan fingerprint density at radius 3 is 2.62 bits per heavy atom. The molecule has 0 saturated heterocycles. The van der Waals surface area contributed by atoms with E-state index in [1.165, 1.54) is 11.3 Å². The van der Waals surface area contributed by atoms with E-state index in [1.807, 2.05) is 25.1 Å². The van der Waals surface area contributed by atoms with Gasteiger partial charge in [-0.1, -0.05) is 17.7 Å². The summed E-state index contributed by atoms with van der Waals surface area (Å²) in [5, 5.41) is 2.90. The van der Waals surface area contributed by atoms with Gasteiger partial charge in [0.1, 0.15) is 5.75 Å². The van der Waals surface area contributed by atoms with Crippen molar-refractivity contribution < 1.29 is 14.3 Å². The maximum atomic E-state index is 12.1. The minimum atomic E-state index is -0.162. The largest absolute Gasteiger partial charge is 0.496 e. The maximum absolute atomic E-state index is 12.1. The van der Waals surface area contributed by atoms with Crippen molar-refractivity contribution >= 4 is 50.6 Å². The number of Topliss-reactive ketones (excluding diaryl/α,β-unsaturated/α-hetero) is 1. The number of nitrogens with one attached hydrogen (secondary N) is 1. The van der Waals surface area contributed by atoms with Gasteiger partial charge in [0.05, 0.1) is 26.8 Å². The molecule has 1 N–H and O–H groups in total. The van der Waals surface area contributed by atoms with Crippen LogP contribution in [0.5, 0.6) is 5.75 Å². The lowest BCUT2D eigenvalue weighted by Gasteiger charge is -2.15. The number of hydrogen-bond donors (Lipinski definition) is 1. The molecule has 2 rings (SSSR count). The predicted octanol–water partition coefficient (Wildman–Crippen LogP) is 5.01. The lowest BCUT2D eigenvalue weighted by atomic mass is 10.1. The van der Waals surface area contributed by atoms with Gasteiger partial charge in [-0.2, -0.15) is 0 Å². The van der Waals surface area contributed by atoms with Crippen LogP contribution in [0.3, 0.4) is 0 Å². The molecule has 1 unspecified atom stereocenters. The minimum Gasteiger partial charge on any atom is -0.496 e. The van der Waals surface area contributed by atoms with E-state index in [9.17, 15) is 9.59 Å². The van der Waals surface area contributed by atoms with E-state index in [4.69, 9.17) is 16.3 Å². The summed E-state index contributed by atoms with van der Waals surface area (Å²) >= 11 is 10.5. The number of hydrogen-bond acceptors (Lipinski definition) is 4. The van der Waals surface area contributed by atoms with Crippen LogP contribution in [0.25, 0.3) is 0 Å². The van der Waals surface area contributed by atoms with Crippen LogP contribution in [0.2, 0.25) is 4.34 Å². The molecule has 7 heteroatoms. The van der Waals surface area contributed by atoms with Crippen LogP contribution in [0, 0.1) is 0 Å². The number of benzene rings is 1. The van der Waals surface area contributed by atoms with Gasteiger partial charge < -0.3 is 10.1 Å². The molecule has 1 aromatic heterocycles. The smallest absolute Gasteiger partial charge is 0.220 e. The molecule has 0 aliphatic heterocycles. The fraction of sp³-hybridized carbons (Fsp3) is 0.294. The summed E-state index contributed by atoms with van der Waals surface area (Å²) < 4.78 is 6.59. The SMILES string of the molecule is COc1ccc(C(C)NC(=O)CCC(=O)c2ccc(Cl)s2)cc1Br. The molecule has 0 saturated carbocycles. The Morgan fingerprint density at radius 2 is 2.04 bits per heavy atom. The van der Waals surface area contributed by atoms with E-state index in [2.05, 4.69) is 21.2 Å². The predicted molar refractivity (Wildman–Crippen MR) is 100 cm³/mol. The highest BCUT2D eigenvalue weighted by Gasteiger charge is 2.14. The lowest BCUT2D eigenvalue weighted by Crippen LogP contribution is -2.26. The van der Waals surface area contributed by atoms with Gasteiger partial charge in [0.2, 0.25) is 5.91 Å². The van der Waals surface area contributed by atoms with Gasteiger partial charge in [-0.3, -0.25) is 9.59 Å². The highest BCUT2D eigenvalue weighted by Crippen LogP contribution is 2.28. The topological polar surface area (TPSA) is 55.4 Å². The van der Waals surface area contributed by atoms with Crippen LogP contribution in [-0.4, -0.2) is 18.8 Å². The minimum absolute atomic E-state index is 0.0677. The second-order valence-corrected chi connectivity index (χ2v) is 7.78. The van der Waals surface area contributed by atoms with Crippen molar-refractivity contribution in [1.29, 1.82) is 0 Å². The molecule has 4 nitrogen and oxygen atoms in total. The fourth-order valence-electron chi connectivity index (χ4n) is 2.16. The molecule has 24 heavy (non-hydrogen) atoms. The average Bonchev–Trinajstić information content (AvgIpc) is 2.99. The third-order valence-electron chi connectivity index (χ3n) is 3.48. The number of halogens is 2. The fourth-order valence-corrected chi connectivity index (χ4v) is 3.73. The normalized spacial score (nSPS) is 11.8. The van der Waals surface area contributed by atoms with Crippen molar-refractivity contribution in [3.05, 3.63) is 49.6 Å². The number of carbonyl (C=O) groups excluding carboxylic acids is 2. The third kappa shape index (κ3) is 5.06. The Kier molecular flexibility index (Phi) is 6.83. The van der Waals surface area contributed by atoms with Crippen molar-refractivity contribution in [2.75, 3.05) is 7.11 Å². The Labute approximate surface area is 158 Å². The van der Waals surface area contributed by atoms with Crippen molar-refractivity contribution in [2.24, 2.45) is 0 Å². The standard InChI is InChI=1S/C17H17BrClNO3S/c1-10(11-3-5-14(23-2)12(18)9-11)20-17(22)8-4-13(21)15-6-7-16(19)24-15/h3,5-7,9-10H,4,8H2,1-2H3,(H,20,22). The molecule has 0 fully saturated rings. The monoisotopic (exact) mass is 429 g/mol. The molecule has 1 amide bonds. The van der Waals surface area contributed by atoms with E-state index in [-0.39, 0.29) is 30.6 Å². The van der Waals surface area contributed by atoms with E-state index in [0.29, 0.717) is 9.21 Å². The third-order valence-corrected chi connectivity index (χ3v) is 5.37. The average molecular weight is 431 g/mol. The van der Waals surface area contributed by atoms with E-state index in [1.54, 1.807) is 19.2 Å². The number of rotatable bonds is 7. The molecule has 0 aliphatic carbocycles. The van der Waals surface area contributed by atoms with Crippen LogP contribution in [-0.2, 0) is 4.79 Å². The Morgan fingerprint density at radius 1 is 1.29 bits per heavy atom. The zero-order valence-electron chi connectivity index (χ0n) is 13.3. The Bertz CT molecular complexity index is 747. The van der Waals surface area contributed by atoms with Crippen LogP contribution in [0.15, 0.2) is 34.8 Å². The molecule has 2 aromatic rings. The van der Waals surface area contributed by atoms with Gasteiger partial charge in [0.15, 0.2) is 5.78 Å². The number of carbonyl (C=O) groups is 2. The summed E-state index contributed by atoms with van der Waals surface area (Å²) in [6.07, 6.45) is 0.317.